The standard InChI is InChI=1S/C18H20ClN3O3S/c19-12-8-6-11(7-9-12)17-22-14(15(20)26-17)16(23)21-13(18(24)25)10-4-2-1-3-5-10/h6-10,13H,1-5,20H2,(H,21,23)(H,24,25)/t13-/m0/s1. The zero-order valence-corrected chi connectivity index (χ0v) is 15.6. The van der Waals surface area contributed by atoms with Gasteiger partial charge in [-0.05, 0) is 30.9 Å². The summed E-state index contributed by atoms with van der Waals surface area (Å²) in [5.74, 6) is -1.62. The maximum absolute atomic E-state index is 12.6. The number of carboxylic acids is 1. The molecule has 0 aliphatic heterocycles. The average Bonchev–Trinajstić information content (AvgIpc) is 3.02. The summed E-state index contributed by atoms with van der Waals surface area (Å²) >= 11 is 7.07. The van der Waals surface area contributed by atoms with Crippen molar-refractivity contribution in [1.82, 2.24) is 10.3 Å². The van der Waals surface area contributed by atoms with Gasteiger partial charge in [-0.2, -0.15) is 0 Å². The third-order valence-electron chi connectivity index (χ3n) is 4.63. The fourth-order valence-electron chi connectivity index (χ4n) is 3.27. The summed E-state index contributed by atoms with van der Waals surface area (Å²) in [5.41, 5.74) is 6.83. The van der Waals surface area contributed by atoms with Crippen molar-refractivity contribution in [3.05, 3.63) is 35.0 Å². The smallest absolute Gasteiger partial charge is 0.326 e. The van der Waals surface area contributed by atoms with E-state index in [-0.39, 0.29) is 16.6 Å². The van der Waals surface area contributed by atoms with Gasteiger partial charge in [0.25, 0.3) is 5.91 Å². The van der Waals surface area contributed by atoms with Gasteiger partial charge < -0.3 is 16.2 Å². The Morgan fingerprint density at radius 1 is 1.23 bits per heavy atom. The summed E-state index contributed by atoms with van der Waals surface area (Å²) < 4.78 is 0. The number of anilines is 1. The zero-order chi connectivity index (χ0) is 18.7. The van der Waals surface area contributed by atoms with Gasteiger partial charge in [0.05, 0.1) is 0 Å². The molecule has 4 N–H and O–H groups in total. The molecule has 1 saturated carbocycles. The average molecular weight is 394 g/mol. The normalized spacial score (nSPS) is 16.2. The number of amides is 1. The SMILES string of the molecule is Nc1sc(-c2ccc(Cl)cc2)nc1C(=O)N[C@H](C(=O)O)C1CCCCC1. The summed E-state index contributed by atoms with van der Waals surface area (Å²) in [6, 6.07) is 6.15. The molecule has 0 bridgehead atoms. The van der Waals surface area contributed by atoms with Crippen molar-refractivity contribution in [3.8, 4) is 10.6 Å². The van der Waals surface area contributed by atoms with Crippen molar-refractivity contribution >= 4 is 39.8 Å². The number of aromatic nitrogens is 1. The van der Waals surface area contributed by atoms with E-state index in [9.17, 15) is 14.7 Å². The van der Waals surface area contributed by atoms with Crippen LogP contribution < -0.4 is 11.1 Å². The molecule has 1 aromatic carbocycles. The predicted octanol–water partition coefficient (Wildman–Crippen LogP) is 3.81. The first-order chi connectivity index (χ1) is 12.5. The number of nitrogens with zero attached hydrogens (tertiary/aromatic N) is 1. The topological polar surface area (TPSA) is 105 Å². The van der Waals surface area contributed by atoms with Crippen LogP contribution in [0.5, 0.6) is 0 Å². The fourth-order valence-corrected chi connectivity index (χ4v) is 4.23. The molecule has 1 heterocycles. The maximum Gasteiger partial charge on any atom is 0.326 e. The van der Waals surface area contributed by atoms with Crippen molar-refractivity contribution in [3.63, 3.8) is 0 Å². The van der Waals surface area contributed by atoms with Gasteiger partial charge in [0.2, 0.25) is 0 Å². The van der Waals surface area contributed by atoms with Gasteiger partial charge in [0.1, 0.15) is 16.1 Å². The lowest BCUT2D eigenvalue weighted by Crippen LogP contribution is -2.46. The highest BCUT2D eigenvalue weighted by molar-refractivity contribution is 7.19. The van der Waals surface area contributed by atoms with Gasteiger partial charge in [0, 0.05) is 10.6 Å². The Labute approximate surface area is 160 Å². The number of carboxylic acid groups (broad SMARTS) is 1. The molecule has 1 atom stereocenters. The largest absolute Gasteiger partial charge is 0.480 e. The van der Waals surface area contributed by atoms with Crippen LogP contribution in [0.2, 0.25) is 5.02 Å². The Morgan fingerprint density at radius 2 is 1.88 bits per heavy atom. The number of carbonyl (C=O) groups excluding carboxylic acids is 1. The summed E-state index contributed by atoms with van der Waals surface area (Å²) in [5, 5.41) is 13.6. The van der Waals surface area contributed by atoms with Crippen LogP contribution in [-0.2, 0) is 4.79 Å². The van der Waals surface area contributed by atoms with Gasteiger partial charge in [-0.25, -0.2) is 9.78 Å². The molecular weight excluding hydrogens is 374 g/mol. The molecule has 1 aromatic heterocycles. The van der Waals surface area contributed by atoms with E-state index in [0.717, 1.165) is 37.7 Å². The number of nitrogens with two attached hydrogens (primary N) is 1. The van der Waals surface area contributed by atoms with E-state index in [0.29, 0.717) is 10.0 Å². The van der Waals surface area contributed by atoms with Crippen LogP contribution >= 0.6 is 22.9 Å². The molecule has 26 heavy (non-hydrogen) atoms. The van der Waals surface area contributed by atoms with Crippen LogP contribution in [0.3, 0.4) is 0 Å². The molecule has 1 aliphatic carbocycles. The second-order valence-electron chi connectivity index (χ2n) is 6.43. The molecule has 6 nitrogen and oxygen atoms in total. The van der Waals surface area contributed by atoms with Gasteiger partial charge in [-0.3, -0.25) is 4.79 Å². The lowest BCUT2D eigenvalue weighted by atomic mass is 9.84. The monoisotopic (exact) mass is 393 g/mol. The molecule has 0 spiro atoms. The second kappa shape index (κ2) is 8.05. The molecule has 2 aromatic rings. The van der Waals surface area contributed by atoms with Crippen LogP contribution in [0.15, 0.2) is 24.3 Å². The molecule has 138 valence electrons. The van der Waals surface area contributed by atoms with E-state index in [1.165, 1.54) is 11.3 Å². The number of aliphatic carboxylic acids is 1. The number of thiazole rings is 1. The van der Waals surface area contributed by atoms with Crippen LogP contribution in [0.1, 0.15) is 42.6 Å². The fraction of sp³-hybridized carbons (Fsp3) is 0.389. The predicted molar refractivity (Wildman–Crippen MR) is 102 cm³/mol. The van der Waals surface area contributed by atoms with Crippen molar-refractivity contribution < 1.29 is 14.7 Å². The van der Waals surface area contributed by atoms with Crippen LogP contribution in [0.25, 0.3) is 10.6 Å². The highest BCUT2D eigenvalue weighted by Gasteiger charge is 2.32. The zero-order valence-electron chi connectivity index (χ0n) is 14.1. The van der Waals surface area contributed by atoms with E-state index in [1.807, 2.05) is 0 Å². The van der Waals surface area contributed by atoms with Gasteiger partial charge in [-0.1, -0.05) is 54.3 Å². The van der Waals surface area contributed by atoms with Crippen molar-refractivity contribution in [2.75, 3.05) is 5.73 Å². The second-order valence-corrected chi connectivity index (χ2v) is 7.89. The molecule has 0 radical (unpaired) electrons. The summed E-state index contributed by atoms with van der Waals surface area (Å²) in [7, 11) is 0. The first kappa shape index (κ1) is 18.7. The molecule has 1 aliphatic rings. The van der Waals surface area contributed by atoms with E-state index in [4.69, 9.17) is 17.3 Å². The number of nitrogen functional groups attached to an aromatic ring is 1. The number of halogens is 1. The third-order valence-corrected chi connectivity index (χ3v) is 5.82. The summed E-state index contributed by atoms with van der Waals surface area (Å²) in [6.45, 7) is 0. The van der Waals surface area contributed by atoms with Crippen LogP contribution in [0, 0.1) is 5.92 Å². The minimum atomic E-state index is -1.02. The van der Waals surface area contributed by atoms with Crippen molar-refractivity contribution in [1.29, 1.82) is 0 Å². The van der Waals surface area contributed by atoms with E-state index in [2.05, 4.69) is 10.3 Å². The molecule has 1 amide bonds. The number of rotatable bonds is 5. The molecule has 0 saturated heterocycles. The molecular formula is C18H20ClN3O3S. The summed E-state index contributed by atoms with van der Waals surface area (Å²) in [6.07, 6.45) is 4.70. The lowest BCUT2D eigenvalue weighted by molar-refractivity contribution is -0.141. The highest BCUT2D eigenvalue weighted by atomic mass is 35.5. The Bertz CT molecular complexity index is 801. The number of benzene rings is 1. The van der Waals surface area contributed by atoms with E-state index >= 15 is 0 Å². The molecule has 8 heteroatoms. The first-order valence-corrected chi connectivity index (χ1v) is 9.71. The minimum Gasteiger partial charge on any atom is -0.480 e. The minimum absolute atomic E-state index is 0.0548. The third kappa shape index (κ3) is 4.16. The molecule has 3 rings (SSSR count). The van der Waals surface area contributed by atoms with Crippen LogP contribution in [0.4, 0.5) is 5.00 Å². The van der Waals surface area contributed by atoms with E-state index < -0.39 is 17.9 Å². The Kier molecular flexibility index (Phi) is 5.78. The van der Waals surface area contributed by atoms with Gasteiger partial charge >= 0.3 is 5.97 Å². The van der Waals surface area contributed by atoms with Gasteiger partial charge in [-0.15, -0.1) is 0 Å². The Hall–Kier alpha value is -2.12. The van der Waals surface area contributed by atoms with E-state index in [1.54, 1.807) is 24.3 Å². The quantitative estimate of drug-likeness (QED) is 0.716. The number of nitrogens with one attached hydrogen (secondary N) is 1. The molecule has 1 fully saturated rings. The Morgan fingerprint density at radius 3 is 2.50 bits per heavy atom. The maximum atomic E-state index is 12.6. The summed E-state index contributed by atoms with van der Waals surface area (Å²) in [4.78, 5) is 28.5. The number of hydrogen-bond acceptors (Lipinski definition) is 5. The highest BCUT2D eigenvalue weighted by Crippen LogP contribution is 2.31. The Balaban J connectivity index is 1.78. The lowest BCUT2D eigenvalue weighted by Gasteiger charge is -2.27. The van der Waals surface area contributed by atoms with Crippen molar-refractivity contribution in [2.24, 2.45) is 5.92 Å². The van der Waals surface area contributed by atoms with Gasteiger partial charge in [0.15, 0.2) is 5.69 Å². The molecule has 0 unspecified atom stereocenters. The first-order valence-electron chi connectivity index (χ1n) is 8.51. The number of hydrogen-bond donors (Lipinski definition) is 3. The van der Waals surface area contributed by atoms with Crippen LogP contribution in [-0.4, -0.2) is 28.0 Å². The number of carbonyl (C=O) groups is 2. The van der Waals surface area contributed by atoms with Crippen molar-refractivity contribution in [2.45, 2.75) is 38.1 Å².